The minimum absolute atomic E-state index is 0.0264. The molecule has 0 radical (unpaired) electrons. The molecule has 2 N–H and O–H groups in total. The molecule has 0 aromatic carbocycles. The Morgan fingerprint density at radius 1 is 1.00 bits per heavy atom. The Bertz CT molecular complexity index is 1330. The lowest BCUT2D eigenvalue weighted by molar-refractivity contribution is -0.302. The molecule has 0 aromatic heterocycles. The summed E-state index contributed by atoms with van der Waals surface area (Å²) in [5.41, 5.74) is 1.42. The lowest BCUT2D eigenvalue weighted by Crippen LogP contribution is -2.64. The van der Waals surface area contributed by atoms with Gasteiger partial charge in [-0.3, -0.25) is 14.4 Å². The van der Waals surface area contributed by atoms with Crippen molar-refractivity contribution in [3.05, 3.63) is 23.3 Å². The Balaban J connectivity index is 1.76. The van der Waals surface area contributed by atoms with Crippen LogP contribution in [0.15, 0.2) is 23.3 Å². The van der Waals surface area contributed by atoms with E-state index in [1.165, 1.54) is 4.90 Å². The summed E-state index contributed by atoms with van der Waals surface area (Å²) in [4.78, 5) is 57.1. The number of esters is 1. The van der Waals surface area contributed by atoms with Crippen LogP contribution in [0.3, 0.4) is 0 Å². The lowest BCUT2D eigenvalue weighted by Gasteiger charge is -2.47. The molecule has 1 aliphatic carbocycles. The summed E-state index contributed by atoms with van der Waals surface area (Å²) in [5.74, 6) is -5.90. The van der Waals surface area contributed by atoms with Crippen molar-refractivity contribution in [2.45, 2.75) is 149 Å². The highest BCUT2D eigenvalue weighted by atomic mass is 16.7. The molecule has 2 bridgehead atoms. The van der Waals surface area contributed by atoms with E-state index in [2.05, 4.69) is 19.9 Å². The van der Waals surface area contributed by atoms with E-state index in [1.54, 1.807) is 28.1 Å². The Morgan fingerprint density at radius 3 is 2.25 bits per heavy atom. The fourth-order valence-corrected chi connectivity index (χ4v) is 8.42. The highest BCUT2D eigenvalue weighted by molar-refractivity contribution is 6.39. The number of ether oxygens (including phenoxy) is 4. The standard InChI is InChI=1S/C40H63NO10/c1-10-28-16-22(2)15-23(3)17-33(48-8)36-34(49-9)20-26(6)40(47,51-36)37(44)38(45)41-14-12-11-13-30(41)39(46)50-35(25(5)19-29-18-24(29)4)27(7)31(42)21-32(28)43/h16,19,22-24,26-27,29-31,33-36,42,47H,10-15,17-18,20-21H2,1-9H3/b25-19?,28-16+. The largest absolute Gasteiger partial charge is 0.456 e. The van der Waals surface area contributed by atoms with Crippen molar-refractivity contribution < 1.29 is 48.3 Å². The molecule has 11 nitrogen and oxygen atoms in total. The van der Waals surface area contributed by atoms with Crippen molar-refractivity contribution in [1.29, 1.82) is 0 Å². The zero-order chi connectivity index (χ0) is 37.8. The number of hydrogen-bond donors (Lipinski definition) is 2. The Labute approximate surface area is 304 Å². The predicted molar refractivity (Wildman–Crippen MR) is 191 cm³/mol. The van der Waals surface area contributed by atoms with Crippen molar-refractivity contribution in [3.8, 4) is 0 Å². The molecule has 4 rings (SSSR count). The van der Waals surface area contributed by atoms with Crippen LogP contribution in [-0.4, -0.2) is 102 Å². The number of Topliss-reactive ketones (excluding diaryl/α,β-unsaturated/α-hetero) is 2. The van der Waals surface area contributed by atoms with E-state index in [-0.39, 0.29) is 43.4 Å². The van der Waals surface area contributed by atoms with Crippen LogP contribution in [0.1, 0.15) is 106 Å². The van der Waals surface area contributed by atoms with Gasteiger partial charge in [0.2, 0.25) is 5.79 Å². The van der Waals surface area contributed by atoms with E-state index in [9.17, 15) is 29.4 Å². The fourth-order valence-electron chi connectivity index (χ4n) is 8.42. The minimum atomic E-state index is -2.46. The van der Waals surface area contributed by atoms with E-state index in [0.717, 1.165) is 18.4 Å². The van der Waals surface area contributed by atoms with Gasteiger partial charge in [-0.1, -0.05) is 53.7 Å². The number of ketones is 2. The van der Waals surface area contributed by atoms with E-state index in [4.69, 9.17) is 18.9 Å². The van der Waals surface area contributed by atoms with Crippen molar-refractivity contribution in [3.63, 3.8) is 0 Å². The predicted octanol–water partition coefficient (Wildman–Crippen LogP) is 4.95. The molecule has 2 saturated heterocycles. The number of nitrogens with zero attached hydrogens (tertiary/aromatic N) is 1. The van der Waals surface area contributed by atoms with Crippen LogP contribution in [0.5, 0.6) is 0 Å². The summed E-state index contributed by atoms with van der Waals surface area (Å²) in [5, 5.41) is 23.4. The van der Waals surface area contributed by atoms with Gasteiger partial charge in [-0.05, 0) is 93.1 Å². The topological polar surface area (TPSA) is 149 Å². The first-order valence-corrected chi connectivity index (χ1v) is 19.2. The molecule has 288 valence electrons. The third-order valence-corrected chi connectivity index (χ3v) is 11.9. The maximum absolute atomic E-state index is 14.1. The lowest BCUT2D eigenvalue weighted by atomic mass is 9.81. The molecular weight excluding hydrogens is 654 g/mol. The number of hydrogen-bond acceptors (Lipinski definition) is 10. The van der Waals surface area contributed by atoms with Crippen LogP contribution in [0.25, 0.3) is 0 Å². The quantitative estimate of drug-likeness (QED) is 0.227. The second-order valence-electron chi connectivity index (χ2n) is 16.1. The van der Waals surface area contributed by atoms with Gasteiger partial charge in [0.05, 0.1) is 18.3 Å². The van der Waals surface area contributed by atoms with Crippen LogP contribution in [0, 0.1) is 35.5 Å². The Hall–Kier alpha value is -2.44. The van der Waals surface area contributed by atoms with Gasteiger partial charge in [0.25, 0.3) is 11.7 Å². The first kappa shape index (κ1) is 41.3. The molecule has 1 amide bonds. The fraction of sp³-hybridized carbons (Fsp3) is 0.800. The van der Waals surface area contributed by atoms with Gasteiger partial charge < -0.3 is 34.1 Å². The smallest absolute Gasteiger partial charge is 0.329 e. The molecule has 51 heavy (non-hydrogen) atoms. The summed E-state index contributed by atoms with van der Waals surface area (Å²) in [6.45, 7) is 13.6. The van der Waals surface area contributed by atoms with Crippen molar-refractivity contribution in [2.75, 3.05) is 20.8 Å². The first-order chi connectivity index (χ1) is 24.1. The number of carbonyl (C=O) groups is 4. The molecule has 0 spiro atoms. The first-order valence-electron chi connectivity index (χ1n) is 19.2. The number of carbonyl (C=O) groups excluding carboxylic acids is 4. The maximum Gasteiger partial charge on any atom is 0.329 e. The van der Waals surface area contributed by atoms with Gasteiger partial charge >= 0.3 is 5.97 Å². The van der Waals surface area contributed by atoms with Crippen LogP contribution < -0.4 is 0 Å². The average molecular weight is 718 g/mol. The summed E-state index contributed by atoms with van der Waals surface area (Å²) in [6.07, 6.45) is 4.52. The van der Waals surface area contributed by atoms with Crippen LogP contribution >= 0.6 is 0 Å². The van der Waals surface area contributed by atoms with Gasteiger partial charge in [-0.25, -0.2) is 4.79 Å². The molecular formula is C40H63NO10. The normalized spacial score (nSPS) is 42.3. The monoisotopic (exact) mass is 717 g/mol. The summed E-state index contributed by atoms with van der Waals surface area (Å²) < 4.78 is 24.1. The molecule has 3 aliphatic heterocycles. The highest BCUT2D eigenvalue weighted by Gasteiger charge is 2.56. The van der Waals surface area contributed by atoms with E-state index < -0.39 is 71.8 Å². The van der Waals surface area contributed by atoms with E-state index in [1.807, 2.05) is 26.8 Å². The number of rotatable bonds is 5. The van der Waals surface area contributed by atoms with Crippen LogP contribution in [-0.2, 0) is 38.1 Å². The summed E-state index contributed by atoms with van der Waals surface area (Å²) in [7, 11) is 3.09. The Kier molecular flexibility index (Phi) is 14.3. The highest BCUT2D eigenvalue weighted by Crippen LogP contribution is 2.41. The molecule has 0 aromatic rings. The summed E-state index contributed by atoms with van der Waals surface area (Å²) in [6, 6.07) is -1.07. The molecule has 11 heteroatoms. The van der Waals surface area contributed by atoms with Crippen molar-refractivity contribution >= 4 is 23.4 Å². The molecule has 13 atom stereocenters. The maximum atomic E-state index is 14.1. The van der Waals surface area contributed by atoms with Gasteiger partial charge in [0.1, 0.15) is 18.2 Å². The number of methoxy groups -OCH3 is 2. The zero-order valence-corrected chi connectivity index (χ0v) is 32.3. The third kappa shape index (κ3) is 9.57. The number of aliphatic hydroxyl groups is 2. The number of aliphatic hydroxyl groups excluding tert-OH is 1. The number of piperidine rings is 1. The number of amides is 1. The second kappa shape index (κ2) is 17.6. The molecule has 13 unspecified atom stereocenters. The van der Waals surface area contributed by atoms with Crippen molar-refractivity contribution in [2.24, 2.45) is 35.5 Å². The molecule has 3 fully saturated rings. The summed E-state index contributed by atoms with van der Waals surface area (Å²) >= 11 is 0. The van der Waals surface area contributed by atoms with E-state index >= 15 is 0 Å². The minimum Gasteiger partial charge on any atom is -0.456 e. The van der Waals surface area contributed by atoms with E-state index in [0.29, 0.717) is 43.1 Å². The Morgan fingerprint density at radius 2 is 1.65 bits per heavy atom. The molecule has 1 saturated carbocycles. The van der Waals surface area contributed by atoms with Crippen LogP contribution in [0.2, 0.25) is 0 Å². The third-order valence-electron chi connectivity index (χ3n) is 11.9. The zero-order valence-electron chi connectivity index (χ0n) is 32.3. The average Bonchev–Trinajstić information content (AvgIpc) is 3.80. The second-order valence-corrected chi connectivity index (χ2v) is 16.1. The van der Waals surface area contributed by atoms with Crippen LogP contribution in [0.4, 0.5) is 0 Å². The molecule has 4 aliphatic rings. The SMILES string of the molecule is CC/C1=C\C(C)CC(C)CC(OC)C2OC(O)(C(=O)C(=O)N3CCCCC3C(=O)OC(C(C)=CC3CC3C)C(C)C(O)CC1=O)C(C)CC2OC. The van der Waals surface area contributed by atoms with Gasteiger partial charge in [0.15, 0.2) is 5.78 Å². The number of allylic oxidation sites excluding steroid dienone is 3. The van der Waals surface area contributed by atoms with Gasteiger partial charge in [-0.15, -0.1) is 0 Å². The van der Waals surface area contributed by atoms with Gasteiger partial charge in [-0.2, -0.15) is 0 Å². The number of cyclic esters (lactones) is 1. The van der Waals surface area contributed by atoms with Crippen molar-refractivity contribution in [1.82, 2.24) is 4.90 Å². The number of fused-ring (bicyclic) bond motifs is 3. The molecule has 3 heterocycles. The van der Waals surface area contributed by atoms with Gasteiger partial charge in [0, 0.05) is 39.0 Å².